The van der Waals surface area contributed by atoms with Gasteiger partial charge in [-0.3, -0.25) is 9.59 Å². The summed E-state index contributed by atoms with van der Waals surface area (Å²) in [5.74, 6) is 1.42. The summed E-state index contributed by atoms with van der Waals surface area (Å²) in [5.41, 5.74) is 3.82. The van der Waals surface area contributed by atoms with Gasteiger partial charge in [-0.2, -0.15) is 0 Å². The first-order valence-corrected chi connectivity index (χ1v) is 9.82. The molecule has 0 saturated carbocycles. The number of carbonyl (C=O) groups excluding carboxylic acids is 2. The third kappa shape index (κ3) is 3.61. The van der Waals surface area contributed by atoms with E-state index < -0.39 is 0 Å². The normalized spacial score (nSPS) is 18.2. The highest BCUT2D eigenvalue weighted by Crippen LogP contribution is 2.31. The number of ketones is 1. The molecule has 0 N–H and O–H groups in total. The fraction of sp³-hybridized carbons (Fsp3) is 0.391. The van der Waals surface area contributed by atoms with Crippen LogP contribution in [0.15, 0.2) is 36.4 Å². The minimum Gasteiger partial charge on any atom is -0.486 e. The van der Waals surface area contributed by atoms with E-state index in [4.69, 9.17) is 9.47 Å². The van der Waals surface area contributed by atoms with Gasteiger partial charge in [0.1, 0.15) is 13.2 Å². The largest absolute Gasteiger partial charge is 0.486 e. The van der Waals surface area contributed by atoms with Crippen LogP contribution >= 0.6 is 0 Å². The number of rotatable bonds is 4. The van der Waals surface area contributed by atoms with E-state index in [2.05, 4.69) is 0 Å². The van der Waals surface area contributed by atoms with Crippen molar-refractivity contribution < 1.29 is 19.1 Å². The maximum atomic E-state index is 13.0. The minimum absolute atomic E-state index is 0.0173. The van der Waals surface area contributed by atoms with E-state index in [-0.39, 0.29) is 24.2 Å². The van der Waals surface area contributed by atoms with E-state index in [0.717, 1.165) is 29.5 Å². The molecule has 5 nitrogen and oxygen atoms in total. The minimum atomic E-state index is -0.369. The summed E-state index contributed by atoms with van der Waals surface area (Å²) in [7, 11) is 0. The second-order valence-electron chi connectivity index (χ2n) is 7.56. The molecule has 146 valence electrons. The molecule has 0 aromatic heterocycles. The van der Waals surface area contributed by atoms with Gasteiger partial charge in [0.05, 0.1) is 12.5 Å². The summed E-state index contributed by atoms with van der Waals surface area (Å²) >= 11 is 0. The van der Waals surface area contributed by atoms with Gasteiger partial charge in [0.25, 0.3) is 0 Å². The number of benzene rings is 2. The van der Waals surface area contributed by atoms with Crippen molar-refractivity contribution in [2.45, 2.75) is 39.2 Å². The number of fused-ring (bicyclic) bond motifs is 1. The monoisotopic (exact) mass is 379 g/mol. The number of aryl methyl sites for hydroxylation is 2. The third-order valence-electron chi connectivity index (χ3n) is 5.63. The Bertz CT molecular complexity index is 921. The van der Waals surface area contributed by atoms with Gasteiger partial charge in [0.15, 0.2) is 17.3 Å². The number of hydrogen-bond donors (Lipinski definition) is 0. The molecular weight excluding hydrogens is 354 g/mol. The topological polar surface area (TPSA) is 55.8 Å². The predicted octanol–water partition coefficient (Wildman–Crippen LogP) is 3.49. The van der Waals surface area contributed by atoms with Gasteiger partial charge in [0.2, 0.25) is 5.91 Å². The van der Waals surface area contributed by atoms with Gasteiger partial charge in [-0.15, -0.1) is 0 Å². The fourth-order valence-corrected chi connectivity index (χ4v) is 3.90. The molecule has 2 aliphatic rings. The second-order valence-corrected chi connectivity index (χ2v) is 7.56. The molecule has 2 aliphatic heterocycles. The fourth-order valence-electron chi connectivity index (χ4n) is 3.90. The Hall–Kier alpha value is -2.82. The first-order chi connectivity index (χ1) is 13.5. The number of ether oxygens (including phenoxy) is 2. The first kappa shape index (κ1) is 18.5. The smallest absolute Gasteiger partial charge is 0.227 e. The molecule has 0 spiro atoms. The van der Waals surface area contributed by atoms with Crippen LogP contribution in [0.3, 0.4) is 0 Å². The summed E-state index contributed by atoms with van der Waals surface area (Å²) < 4.78 is 11.1. The van der Waals surface area contributed by atoms with Crippen LogP contribution in [0.5, 0.6) is 11.5 Å². The van der Waals surface area contributed by atoms with Crippen molar-refractivity contribution in [2.24, 2.45) is 0 Å². The Kier molecular flexibility index (Phi) is 5.07. The summed E-state index contributed by atoms with van der Waals surface area (Å²) in [5, 5.41) is 0. The van der Waals surface area contributed by atoms with Gasteiger partial charge in [-0.25, -0.2) is 0 Å². The van der Waals surface area contributed by atoms with E-state index >= 15 is 0 Å². The van der Waals surface area contributed by atoms with Crippen molar-refractivity contribution >= 4 is 11.7 Å². The molecule has 28 heavy (non-hydrogen) atoms. The number of hydrogen-bond acceptors (Lipinski definition) is 4. The highest BCUT2D eigenvalue weighted by Gasteiger charge is 2.34. The number of Topliss-reactive ketones (excluding diaryl/α,β-unsaturated/α-hetero) is 1. The van der Waals surface area contributed by atoms with E-state index in [9.17, 15) is 9.59 Å². The highest BCUT2D eigenvalue weighted by molar-refractivity contribution is 6.02. The molecule has 0 aliphatic carbocycles. The Labute approximate surface area is 165 Å². The van der Waals surface area contributed by atoms with Crippen molar-refractivity contribution in [3.8, 4) is 11.5 Å². The van der Waals surface area contributed by atoms with Crippen molar-refractivity contribution in [1.29, 1.82) is 0 Å². The van der Waals surface area contributed by atoms with Crippen molar-refractivity contribution in [3.05, 3.63) is 58.7 Å². The molecule has 2 aromatic rings. The van der Waals surface area contributed by atoms with Crippen molar-refractivity contribution in [3.63, 3.8) is 0 Å². The molecule has 1 atom stereocenters. The van der Waals surface area contributed by atoms with Gasteiger partial charge in [0, 0.05) is 12.1 Å². The van der Waals surface area contributed by atoms with Crippen LogP contribution in [-0.4, -0.2) is 42.4 Å². The van der Waals surface area contributed by atoms with E-state index in [0.29, 0.717) is 36.8 Å². The second kappa shape index (κ2) is 7.66. The van der Waals surface area contributed by atoms with E-state index in [1.807, 2.05) is 50.2 Å². The predicted molar refractivity (Wildman–Crippen MR) is 106 cm³/mol. The number of nitrogens with zero attached hydrogens (tertiary/aromatic N) is 1. The molecular formula is C23H25NO4. The van der Waals surface area contributed by atoms with Crippen LogP contribution in [0.1, 0.15) is 39.9 Å². The lowest BCUT2D eigenvalue weighted by Gasteiger charge is -2.24. The van der Waals surface area contributed by atoms with Gasteiger partial charge >= 0.3 is 0 Å². The van der Waals surface area contributed by atoms with E-state index in [1.165, 1.54) is 0 Å². The molecule has 1 unspecified atom stereocenters. The first-order valence-electron chi connectivity index (χ1n) is 9.82. The quantitative estimate of drug-likeness (QED) is 0.763. The lowest BCUT2D eigenvalue weighted by Crippen LogP contribution is -2.41. The van der Waals surface area contributed by atoms with Crippen LogP contribution < -0.4 is 9.47 Å². The number of carbonyl (C=O) groups is 2. The van der Waals surface area contributed by atoms with Crippen LogP contribution in [-0.2, 0) is 11.2 Å². The van der Waals surface area contributed by atoms with Gasteiger partial charge in [-0.1, -0.05) is 18.2 Å². The van der Waals surface area contributed by atoms with E-state index in [1.54, 1.807) is 4.90 Å². The Morgan fingerprint density at radius 3 is 2.57 bits per heavy atom. The maximum absolute atomic E-state index is 13.0. The Morgan fingerprint density at radius 1 is 1.00 bits per heavy atom. The molecule has 2 aromatic carbocycles. The standard InChI is InChI=1S/C23H25NO4/c1-15-5-7-18(12-16(15)2)23(26)19-4-3-9-24(19)22(25)14-17-6-8-20-21(13-17)28-11-10-27-20/h5-8,12-13,19H,3-4,9-11,14H2,1-2H3. The van der Waals surface area contributed by atoms with Crippen molar-refractivity contribution in [1.82, 2.24) is 4.90 Å². The lowest BCUT2D eigenvalue weighted by atomic mass is 9.98. The molecule has 1 saturated heterocycles. The maximum Gasteiger partial charge on any atom is 0.227 e. The average molecular weight is 379 g/mol. The summed E-state index contributed by atoms with van der Waals surface area (Å²) in [6.07, 6.45) is 1.83. The number of amides is 1. The molecule has 0 bridgehead atoms. The molecule has 0 radical (unpaired) electrons. The Balaban J connectivity index is 1.49. The SMILES string of the molecule is Cc1ccc(C(=O)C2CCCN2C(=O)Cc2ccc3c(c2)OCCO3)cc1C. The lowest BCUT2D eigenvalue weighted by molar-refractivity contribution is -0.130. The molecule has 1 fully saturated rings. The van der Waals surface area contributed by atoms with Gasteiger partial charge < -0.3 is 14.4 Å². The summed E-state index contributed by atoms with van der Waals surface area (Å²) in [6.45, 7) is 5.73. The average Bonchev–Trinajstić information content (AvgIpc) is 3.19. The molecule has 5 heteroatoms. The summed E-state index contributed by atoms with van der Waals surface area (Å²) in [6, 6.07) is 11.0. The zero-order valence-electron chi connectivity index (χ0n) is 16.4. The molecule has 1 amide bonds. The Morgan fingerprint density at radius 2 is 1.79 bits per heavy atom. The van der Waals surface area contributed by atoms with Crippen molar-refractivity contribution in [2.75, 3.05) is 19.8 Å². The van der Waals surface area contributed by atoms with Crippen LogP contribution in [0, 0.1) is 13.8 Å². The molecule has 2 heterocycles. The zero-order valence-corrected chi connectivity index (χ0v) is 16.4. The highest BCUT2D eigenvalue weighted by atomic mass is 16.6. The van der Waals surface area contributed by atoms with Gasteiger partial charge in [-0.05, 0) is 61.6 Å². The van der Waals surface area contributed by atoms with Crippen LogP contribution in [0.25, 0.3) is 0 Å². The van der Waals surface area contributed by atoms with Crippen LogP contribution in [0.2, 0.25) is 0 Å². The third-order valence-corrected chi connectivity index (χ3v) is 5.63. The number of likely N-dealkylation sites (tertiary alicyclic amines) is 1. The molecule has 4 rings (SSSR count). The zero-order chi connectivity index (χ0) is 19.7. The van der Waals surface area contributed by atoms with Crippen LogP contribution in [0.4, 0.5) is 0 Å². The summed E-state index contributed by atoms with van der Waals surface area (Å²) in [4.78, 5) is 27.7.